The number of amides is 1. The summed E-state index contributed by atoms with van der Waals surface area (Å²) in [6.07, 6.45) is 0.544. The summed E-state index contributed by atoms with van der Waals surface area (Å²) in [5.41, 5.74) is 5.65. The van der Waals surface area contributed by atoms with E-state index in [4.69, 9.17) is 5.73 Å². The first kappa shape index (κ1) is 17.4. The Balaban J connectivity index is 2.50. The Bertz CT molecular complexity index is 448. The Morgan fingerprint density at radius 2 is 1.95 bits per heavy atom. The van der Waals surface area contributed by atoms with E-state index < -0.39 is 9.84 Å². The third-order valence-corrected chi connectivity index (χ3v) is 5.56. The fourth-order valence-corrected chi connectivity index (χ4v) is 4.25. The van der Waals surface area contributed by atoms with Crippen LogP contribution in [0.1, 0.15) is 20.3 Å². The van der Waals surface area contributed by atoms with Gasteiger partial charge in [0.05, 0.1) is 18.1 Å². The maximum atomic E-state index is 12.2. The molecule has 0 aromatic carbocycles. The monoisotopic (exact) mass is 305 g/mol. The average molecular weight is 305 g/mol. The highest BCUT2D eigenvalue weighted by atomic mass is 32.2. The first-order valence-electron chi connectivity index (χ1n) is 6.91. The number of hydrogen-bond donors (Lipinski definition) is 1. The molecule has 1 amide bonds. The first-order chi connectivity index (χ1) is 9.06. The molecule has 0 aromatic heterocycles. The second-order valence-electron chi connectivity index (χ2n) is 6.60. The van der Waals surface area contributed by atoms with E-state index in [1.165, 1.54) is 0 Å². The second kappa shape index (κ2) is 6.41. The molecular weight excluding hydrogens is 278 g/mol. The van der Waals surface area contributed by atoms with Gasteiger partial charge in [-0.3, -0.25) is 9.69 Å². The van der Waals surface area contributed by atoms with Gasteiger partial charge in [0.15, 0.2) is 9.84 Å². The van der Waals surface area contributed by atoms with E-state index in [0.29, 0.717) is 13.0 Å². The van der Waals surface area contributed by atoms with Crippen LogP contribution in [0.2, 0.25) is 0 Å². The summed E-state index contributed by atoms with van der Waals surface area (Å²) in [5, 5.41) is 0. The van der Waals surface area contributed by atoms with Crippen molar-refractivity contribution in [3.8, 4) is 0 Å². The average Bonchev–Trinajstić information content (AvgIpc) is 2.67. The molecule has 6 nitrogen and oxygen atoms in total. The lowest BCUT2D eigenvalue weighted by Crippen LogP contribution is -2.45. The van der Waals surface area contributed by atoms with Gasteiger partial charge in [0.2, 0.25) is 5.91 Å². The minimum atomic E-state index is -2.96. The zero-order chi connectivity index (χ0) is 15.6. The molecule has 0 radical (unpaired) electrons. The molecule has 0 saturated carbocycles. The van der Waals surface area contributed by atoms with Gasteiger partial charge in [-0.2, -0.15) is 0 Å². The smallest absolute Gasteiger partial charge is 0.236 e. The lowest BCUT2D eigenvalue weighted by molar-refractivity contribution is -0.132. The summed E-state index contributed by atoms with van der Waals surface area (Å²) >= 11 is 0. The van der Waals surface area contributed by atoms with Crippen LogP contribution in [0.4, 0.5) is 0 Å². The van der Waals surface area contributed by atoms with Crippen LogP contribution in [-0.4, -0.2) is 75.4 Å². The number of nitrogens with two attached hydrogens (primary N) is 1. The molecule has 0 bridgehead atoms. The molecule has 1 heterocycles. The van der Waals surface area contributed by atoms with Gasteiger partial charge in [-0.15, -0.1) is 0 Å². The maximum Gasteiger partial charge on any atom is 0.236 e. The summed E-state index contributed by atoms with van der Waals surface area (Å²) < 4.78 is 22.9. The molecule has 2 N–H and O–H groups in total. The Kier molecular flexibility index (Phi) is 5.57. The molecule has 0 aromatic rings. The van der Waals surface area contributed by atoms with Gasteiger partial charge >= 0.3 is 0 Å². The van der Waals surface area contributed by atoms with Crippen molar-refractivity contribution >= 4 is 15.7 Å². The lowest BCUT2D eigenvalue weighted by atomic mass is 9.93. The molecule has 1 saturated heterocycles. The highest BCUT2D eigenvalue weighted by Gasteiger charge is 2.33. The minimum absolute atomic E-state index is 0.0374. The van der Waals surface area contributed by atoms with Crippen molar-refractivity contribution in [2.45, 2.75) is 26.3 Å². The second-order valence-corrected chi connectivity index (χ2v) is 8.83. The number of nitrogens with zero attached hydrogens (tertiary/aromatic N) is 2. The van der Waals surface area contributed by atoms with Crippen LogP contribution in [0.15, 0.2) is 0 Å². The van der Waals surface area contributed by atoms with Crippen LogP contribution in [0.25, 0.3) is 0 Å². The maximum absolute atomic E-state index is 12.2. The zero-order valence-corrected chi connectivity index (χ0v) is 13.7. The SMILES string of the molecule is CN(CC(=O)N(C)C1CCS(=O)(=O)C1)CC(C)(C)CN. The standard InChI is InChI=1S/C13H27N3O3S/c1-13(2,9-14)10-15(3)7-12(17)16(4)11-5-6-20(18,19)8-11/h11H,5-10,14H2,1-4H3. The largest absolute Gasteiger partial charge is 0.341 e. The number of carbonyl (C=O) groups is 1. The van der Waals surface area contributed by atoms with E-state index in [1.807, 2.05) is 11.9 Å². The molecule has 1 fully saturated rings. The van der Waals surface area contributed by atoms with Crippen molar-refractivity contribution in [3.05, 3.63) is 0 Å². The summed E-state index contributed by atoms with van der Waals surface area (Å²) in [6, 6.07) is -0.177. The summed E-state index contributed by atoms with van der Waals surface area (Å²) in [5.74, 6) is 0.237. The highest BCUT2D eigenvalue weighted by Crippen LogP contribution is 2.17. The fraction of sp³-hybridized carbons (Fsp3) is 0.923. The molecule has 1 unspecified atom stereocenters. The Morgan fingerprint density at radius 3 is 2.40 bits per heavy atom. The molecule has 0 aliphatic carbocycles. The summed E-state index contributed by atoms with van der Waals surface area (Å²) in [6.45, 7) is 5.69. The molecule has 0 spiro atoms. The molecule has 1 rings (SSSR count). The minimum Gasteiger partial charge on any atom is -0.341 e. The van der Waals surface area contributed by atoms with Crippen molar-refractivity contribution in [2.24, 2.45) is 11.1 Å². The lowest BCUT2D eigenvalue weighted by Gasteiger charge is -2.31. The topological polar surface area (TPSA) is 83.7 Å². The predicted molar refractivity (Wildman–Crippen MR) is 80.2 cm³/mol. The van der Waals surface area contributed by atoms with Gasteiger partial charge < -0.3 is 10.6 Å². The molecule has 1 atom stereocenters. The molecule has 118 valence electrons. The Labute approximate surface area is 122 Å². The van der Waals surface area contributed by atoms with Gasteiger partial charge in [-0.25, -0.2) is 8.42 Å². The van der Waals surface area contributed by atoms with Crippen LogP contribution in [0.3, 0.4) is 0 Å². The van der Waals surface area contributed by atoms with Crippen LogP contribution in [0, 0.1) is 5.41 Å². The number of rotatable bonds is 6. The van der Waals surface area contributed by atoms with E-state index in [-0.39, 0.29) is 35.4 Å². The Morgan fingerprint density at radius 1 is 1.35 bits per heavy atom. The summed E-state index contributed by atoms with van der Waals surface area (Å²) in [4.78, 5) is 15.7. The van der Waals surface area contributed by atoms with Crippen LogP contribution in [-0.2, 0) is 14.6 Å². The third kappa shape index (κ3) is 5.03. The van der Waals surface area contributed by atoms with Crippen LogP contribution < -0.4 is 5.73 Å². The third-order valence-electron chi connectivity index (χ3n) is 3.81. The van der Waals surface area contributed by atoms with Gasteiger partial charge in [0.1, 0.15) is 0 Å². The molecule has 7 heteroatoms. The van der Waals surface area contributed by atoms with Crippen molar-refractivity contribution in [1.29, 1.82) is 0 Å². The van der Waals surface area contributed by atoms with Gasteiger partial charge in [-0.05, 0) is 25.4 Å². The predicted octanol–water partition coefficient (Wildman–Crippen LogP) is -0.451. The van der Waals surface area contributed by atoms with Gasteiger partial charge in [0.25, 0.3) is 0 Å². The van der Waals surface area contributed by atoms with Crippen LogP contribution in [0.5, 0.6) is 0 Å². The molecule has 20 heavy (non-hydrogen) atoms. The molecule has 1 aliphatic heterocycles. The van der Waals surface area contributed by atoms with Crippen molar-refractivity contribution in [3.63, 3.8) is 0 Å². The number of hydrogen-bond acceptors (Lipinski definition) is 5. The van der Waals surface area contributed by atoms with Crippen molar-refractivity contribution in [1.82, 2.24) is 9.80 Å². The van der Waals surface area contributed by atoms with E-state index in [1.54, 1.807) is 11.9 Å². The van der Waals surface area contributed by atoms with E-state index >= 15 is 0 Å². The van der Waals surface area contributed by atoms with Crippen LogP contribution >= 0.6 is 0 Å². The molecule has 1 aliphatic rings. The Hall–Kier alpha value is -0.660. The normalized spacial score (nSPS) is 22.2. The number of carbonyl (C=O) groups excluding carboxylic acids is 1. The van der Waals surface area contributed by atoms with E-state index in [9.17, 15) is 13.2 Å². The van der Waals surface area contributed by atoms with E-state index in [2.05, 4.69) is 13.8 Å². The van der Waals surface area contributed by atoms with Crippen molar-refractivity contribution < 1.29 is 13.2 Å². The summed E-state index contributed by atoms with van der Waals surface area (Å²) in [7, 11) is 0.614. The van der Waals surface area contributed by atoms with Gasteiger partial charge in [0, 0.05) is 19.6 Å². The quantitative estimate of drug-likeness (QED) is 0.718. The number of sulfone groups is 1. The van der Waals surface area contributed by atoms with Gasteiger partial charge in [-0.1, -0.05) is 13.8 Å². The zero-order valence-electron chi connectivity index (χ0n) is 12.9. The molecular formula is C13H27N3O3S. The highest BCUT2D eigenvalue weighted by molar-refractivity contribution is 7.91. The fourth-order valence-electron chi connectivity index (χ4n) is 2.48. The number of likely N-dealkylation sites (N-methyl/N-ethyl adjacent to an activating group) is 2. The first-order valence-corrected chi connectivity index (χ1v) is 8.73. The van der Waals surface area contributed by atoms with Crippen molar-refractivity contribution in [2.75, 3.05) is 45.2 Å². The van der Waals surface area contributed by atoms with E-state index in [0.717, 1.165) is 6.54 Å².